The van der Waals surface area contributed by atoms with Crippen molar-refractivity contribution in [3.05, 3.63) is 71.8 Å². The van der Waals surface area contributed by atoms with E-state index >= 15 is 0 Å². The maximum Gasteiger partial charge on any atom is 0.190 e. The van der Waals surface area contributed by atoms with Crippen molar-refractivity contribution in [2.45, 2.75) is 63.4 Å². The molecule has 2 heterocycles. The molecule has 0 aliphatic carbocycles. The standard InChI is InChI=1S/C24H28O6/c1-23(2)29-21-22(30-23)28-20(17-26-15-18-9-5-3-6-10-18)24(21,13-14-25)27-16-19-11-7-4-8-12-19/h3-12,14,20-22H,13,15-17H2,1-2H3/t20-,21+,22-,24-/m1/s1. The van der Waals surface area contributed by atoms with E-state index in [4.69, 9.17) is 23.7 Å². The first kappa shape index (κ1) is 21.2. The SMILES string of the molecule is CC1(C)O[C@H]2O[C@H](COCc3ccccc3)[C@@](CC=O)(OCc3ccccc3)[C@H]2O1. The third kappa shape index (κ3) is 4.48. The zero-order chi connectivity index (χ0) is 21.0. The summed E-state index contributed by atoms with van der Waals surface area (Å²) in [7, 11) is 0. The van der Waals surface area contributed by atoms with Gasteiger partial charge in [-0.2, -0.15) is 0 Å². The van der Waals surface area contributed by atoms with Crippen LogP contribution in [0.2, 0.25) is 0 Å². The van der Waals surface area contributed by atoms with E-state index in [1.165, 1.54) is 0 Å². The molecule has 0 N–H and O–H groups in total. The lowest BCUT2D eigenvalue weighted by Crippen LogP contribution is -2.53. The summed E-state index contributed by atoms with van der Waals surface area (Å²) in [5.74, 6) is -0.810. The summed E-state index contributed by atoms with van der Waals surface area (Å²) in [5, 5.41) is 0. The summed E-state index contributed by atoms with van der Waals surface area (Å²) in [4.78, 5) is 11.7. The average Bonchev–Trinajstić information content (AvgIpc) is 3.19. The Morgan fingerprint density at radius 3 is 2.20 bits per heavy atom. The fourth-order valence-electron chi connectivity index (χ4n) is 4.06. The van der Waals surface area contributed by atoms with Gasteiger partial charge in [0.1, 0.15) is 24.1 Å². The van der Waals surface area contributed by atoms with E-state index in [1.807, 2.05) is 74.5 Å². The van der Waals surface area contributed by atoms with Crippen LogP contribution in [0.1, 0.15) is 31.4 Å². The maximum atomic E-state index is 11.7. The van der Waals surface area contributed by atoms with Gasteiger partial charge >= 0.3 is 0 Å². The molecule has 0 unspecified atom stereocenters. The van der Waals surface area contributed by atoms with Crippen LogP contribution in [0.4, 0.5) is 0 Å². The van der Waals surface area contributed by atoms with Crippen LogP contribution in [0.5, 0.6) is 0 Å². The molecule has 0 aromatic heterocycles. The van der Waals surface area contributed by atoms with Crippen LogP contribution in [0.25, 0.3) is 0 Å². The topological polar surface area (TPSA) is 63.2 Å². The summed E-state index contributed by atoms with van der Waals surface area (Å²) in [6.45, 7) is 4.70. The first-order chi connectivity index (χ1) is 14.5. The highest BCUT2D eigenvalue weighted by Crippen LogP contribution is 2.47. The minimum atomic E-state index is -0.993. The lowest BCUT2D eigenvalue weighted by atomic mass is 9.89. The fraction of sp³-hybridized carbons (Fsp3) is 0.458. The van der Waals surface area contributed by atoms with Gasteiger partial charge in [0.05, 0.1) is 19.8 Å². The Morgan fingerprint density at radius 2 is 1.57 bits per heavy atom. The third-order valence-corrected chi connectivity index (χ3v) is 5.52. The maximum absolute atomic E-state index is 11.7. The number of benzene rings is 2. The van der Waals surface area contributed by atoms with Crippen LogP contribution in [0.3, 0.4) is 0 Å². The van der Waals surface area contributed by atoms with Crippen molar-refractivity contribution in [1.82, 2.24) is 0 Å². The first-order valence-electron chi connectivity index (χ1n) is 10.3. The average molecular weight is 412 g/mol. The van der Waals surface area contributed by atoms with E-state index in [2.05, 4.69) is 0 Å². The lowest BCUT2D eigenvalue weighted by Gasteiger charge is -2.37. The molecule has 2 saturated heterocycles. The summed E-state index contributed by atoms with van der Waals surface area (Å²) in [5.41, 5.74) is 1.08. The molecule has 0 radical (unpaired) electrons. The Bertz CT molecular complexity index is 824. The molecule has 6 heteroatoms. The number of rotatable bonds is 9. The highest BCUT2D eigenvalue weighted by Gasteiger charge is 2.64. The predicted octanol–water partition coefficient (Wildman–Crippen LogP) is 3.62. The molecular formula is C24H28O6. The molecule has 2 fully saturated rings. The molecule has 0 spiro atoms. The molecule has 6 nitrogen and oxygen atoms in total. The van der Waals surface area contributed by atoms with Gasteiger partial charge in [-0.25, -0.2) is 0 Å². The van der Waals surface area contributed by atoms with E-state index in [-0.39, 0.29) is 13.0 Å². The van der Waals surface area contributed by atoms with Crippen molar-refractivity contribution in [3.8, 4) is 0 Å². The highest BCUT2D eigenvalue weighted by atomic mass is 16.8. The number of carbonyl (C=O) groups is 1. The number of hydrogen-bond acceptors (Lipinski definition) is 6. The molecule has 0 saturated carbocycles. The quantitative estimate of drug-likeness (QED) is 0.586. The van der Waals surface area contributed by atoms with Crippen LogP contribution in [0, 0.1) is 0 Å². The van der Waals surface area contributed by atoms with Gasteiger partial charge in [0.15, 0.2) is 12.1 Å². The summed E-state index contributed by atoms with van der Waals surface area (Å²) >= 11 is 0. The number of hydrogen-bond donors (Lipinski definition) is 0. The summed E-state index contributed by atoms with van der Waals surface area (Å²) in [6, 6.07) is 19.8. The van der Waals surface area contributed by atoms with Gasteiger partial charge in [0, 0.05) is 6.42 Å². The van der Waals surface area contributed by atoms with Crippen LogP contribution >= 0.6 is 0 Å². The smallest absolute Gasteiger partial charge is 0.190 e. The van der Waals surface area contributed by atoms with Gasteiger partial charge in [-0.1, -0.05) is 60.7 Å². The monoisotopic (exact) mass is 412 g/mol. The highest BCUT2D eigenvalue weighted by molar-refractivity contribution is 5.52. The Balaban J connectivity index is 1.52. The predicted molar refractivity (Wildman–Crippen MR) is 109 cm³/mol. The van der Waals surface area contributed by atoms with E-state index in [0.29, 0.717) is 13.2 Å². The van der Waals surface area contributed by atoms with Crippen LogP contribution in [-0.2, 0) is 41.7 Å². The molecule has 30 heavy (non-hydrogen) atoms. The minimum Gasteiger partial charge on any atom is -0.374 e. The molecule has 4 atom stereocenters. The van der Waals surface area contributed by atoms with Gasteiger partial charge in [-0.3, -0.25) is 0 Å². The second-order valence-electron chi connectivity index (χ2n) is 8.15. The number of ether oxygens (including phenoxy) is 5. The van der Waals surface area contributed by atoms with E-state index in [0.717, 1.165) is 17.4 Å². The van der Waals surface area contributed by atoms with E-state index in [1.54, 1.807) is 0 Å². The number of fused-ring (bicyclic) bond motifs is 1. The van der Waals surface area contributed by atoms with Crippen LogP contribution in [-0.4, -0.2) is 42.8 Å². The number of carbonyl (C=O) groups excluding carboxylic acids is 1. The van der Waals surface area contributed by atoms with Gasteiger partial charge < -0.3 is 28.5 Å². The first-order valence-corrected chi connectivity index (χ1v) is 10.3. The van der Waals surface area contributed by atoms with E-state index in [9.17, 15) is 4.79 Å². The molecule has 2 aromatic carbocycles. The summed E-state index contributed by atoms with van der Waals surface area (Å²) < 4.78 is 30.6. The molecule has 2 aliphatic heterocycles. The fourth-order valence-corrected chi connectivity index (χ4v) is 4.06. The molecule has 2 aliphatic rings. The normalized spacial score (nSPS) is 29.6. The zero-order valence-corrected chi connectivity index (χ0v) is 17.4. The Morgan fingerprint density at radius 1 is 0.933 bits per heavy atom. The van der Waals surface area contributed by atoms with E-state index < -0.39 is 29.9 Å². The minimum absolute atomic E-state index is 0.125. The second kappa shape index (κ2) is 8.96. The van der Waals surface area contributed by atoms with Crippen molar-refractivity contribution in [3.63, 3.8) is 0 Å². The molecule has 4 rings (SSSR count). The van der Waals surface area contributed by atoms with Gasteiger partial charge in [-0.05, 0) is 25.0 Å². The second-order valence-corrected chi connectivity index (χ2v) is 8.15. The van der Waals surface area contributed by atoms with Gasteiger partial charge in [0.2, 0.25) is 0 Å². The summed E-state index contributed by atoms with van der Waals surface area (Å²) in [6.07, 6.45) is -0.649. The Labute approximate surface area is 177 Å². The van der Waals surface area contributed by atoms with Gasteiger partial charge in [0.25, 0.3) is 0 Å². The van der Waals surface area contributed by atoms with Crippen molar-refractivity contribution in [1.29, 1.82) is 0 Å². The largest absolute Gasteiger partial charge is 0.374 e. The zero-order valence-electron chi connectivity index (χ0n) is 17.4. The van der Waals surface area contributed by atoms with Crippen LogP contribution in [0.15, 0.2) is 60.7 Å². The number of aldehydes is 1. The van der Waals surface area contributed by atoms with Crippen molar-refractivity contribution in [2.75, 3.05) is 6.61 Å². The molecular weight excluding hydrogens is 384 g/mol. The molecule has 2 aromatic rings. The Kier molecular flexibility index (Phi) is 6.32. The van der Waals surface area contributed by atoms with Crippen molar-refractivity contribution in [2.24, 2.45) is 0 Å². The van der Waals surface area contributed by atoms with Crippen LogP contribution < -0.4 is 0 Å². The lowest BCUT2D eigenvalue weighted by molar-refractivity contribution is -0.245. The molecule has 0 amide bonds. The van der Waals surface area contributed by atoms with Crippen molar-refractivity contribution >= 4 is 6.29 Å². The van der Waals surface area contributed by atoms with Gasteiger partial charge in [-0.15, -0.1) is 0 Å². The van der Waals surface area contributed by atoms with Crippen molar-refractivity contribution < 1.29 is 28.5 Å². The third-order valence-electron chi connectivity index (χ3n) is 5.52. The molecule has 0 bridgehead atoms. The molecule has 160 valence electrons. The Hall–Kier alpha value is -2.09.